The molecular formula is C17H30N4. The molecule has 21 heavy (non-hydrogen) atoms. The Morgan fingerprint density at radius 1 is 1.38 bits per heavy atom. The summed E-state index contributed by atoms with van der Waals surface area (Å²) in [4.78, 5) is 9.55. The van der Waals surface area contributed by atoms with Gasteiger partial charge in [-0.15, -0.1) is 0 Å². The molecule has 1 aromatic heterocycles. The molecule has 0 aliphatic carbocycles. The lowest BCUT2D eigenvalue weighted by Gasteiger charge is -2.26. The van der Waals surface area contributed by atoms with Crippen molar-refractivity contribution in [1.82, 2.24) is 15.2 Å². The van der Waals surface area contributed by atoms with E-state index in [4.69, 9.17) is 0 Å². The summed E-state index contributed by atoms with van der Waals surface area (Å²) in [6, 6.07) is 5.57. The maximum atomic E-state index is 4.47. The average Bonchev–Trinajstić information content (AvgIpc) is 2.96. The molecule has 1 unspecified atom stereocenters. The molecule has 1 saturated heterocycles. The highest BCUT2D eigenvalue weighted by Gasteiger charge is 2.26. The molecule has 1 aromatic rings. The number of aromatic nitrogens is 1. The van der Waals surface area contributed by atoms with E-state index >= 15 is 0 Å². The average molecular weight is 290 g/mol. The lowest BCUT2D eigenvalue weighted by atomic mass is 10.2. The molecule has 0 radical (unpaired) electrons. The van der Waals surface area contributed by atoms with E-state index in [9.17, 15) is 0 Å². The first kappa shape index (κ1) is 16.2. The Balaban J connectivity index is 1.98. The summed E-state index contributed by atoms with van der Waals surface area (Å²) < 4.78 is 0. The maximum Gasteiger partial charge on any atom is 0.0562 e. The van der Waals surface area contributed by atoms with E-state index in [-0.39, 0.29) is 0 Å². The minimum Gasteiger partial charge on any atom is -0.370 e. The first-order valence-electron chi connectivity index (χ1n) is 8.31. The zero-order valence-electron chi connectivity index (χ0n) is 14.0. The van der Waals surface area contributed by atoms with Crippen LogP contribution in [0.3, 0.4) is 0 Å². The first-order valence-corrected chi connectivity index (χ1v) is 8.31. The predicted octanol–water partition coefficient (Wildman–Crippen LogP) is 2.50. The van der Waals surface area contributed by atoms with E-state index in [0.29, 0.717) is 12.1 Å². The zero-order valence-corrected chi connectivity index (χ0v) is 14.0. The fourth-order valence-corrected chi connectivity index (χ4v) is 3.08. The molecule has 4 heteroatoms. The van der Waals surface area contributed by atoms with Gasteiger partial charge in [-0.05, 0) is 31.6 Å². The van der Waals surface area contributed by atoms with Crippen molar-refractivity contribution in [3.8, 4) is 0 Å². The van der Waals surface area contributed by atoms with Gasteiger partial charge in [0.05, 0.1) is 5.69 Å². The lowest BCUT2D eigenvalue weighted by molar-refractivity contribution is 0.232. The van der Waals surface area contributed by atoms with Crippen molar-refractivity contribution < 1.29 is 0 Å². The van der Waals surface area contributed by atoms with Crippen LogP contribution < -0.4 is 10.2 Å². The van der Waals surface area contributed by atoms with E-state index < -0.39 is 0 Å². The van der Waals surface area contributed by atoms with Gasteiger partial charge in [-0.25, -0.2) is 0 Å². The van der Waals surface area contributed by atoms with Crippen molar-refractivity contribution in [2.24, 2.45) is 0 Å². The molecule has 0 amide bonds. The number of hydrogen-bond acceptors (Lipinski definition) is 4. The molecule has 2 rings (SSSR count). The molecule has 4 nitrogen and oxygen atoms in total. The highest BCUT2D eigenvalue weighted by molar-refractivity contribution is 5.47. The van der Waals surface area contributed by atoms with Gasteiger partial charge in [0.15, 0.2) is 0 Å². The summed E-state index contributed by atoms with van der Waals surface area (Å²) >= 11 is 0. The van der Waals surface area contributed by atoms with Crippen LogP contribution >= 0.6 is 0 Å². The zero-order chi connectivity index (χ0) is 15.2. The highest BCUT2D eigenvalue weighted by atomic mass is 15.2. The van der Waals surface area contributed by atoms with Crippen molar-refractivity contribution in [2.45, 2.75) is 52.7 Å². The first-order chi connectivity index (χ1) is 10.1. The standard InChI is InChI=1S/C17H30N4/c1-5-20(6-2)17-8-10-21(13-17)16-7-9-18-15(11-16)12-19-14(3)4/h7,9,11,14,17,19H,5-6,8,10,12-13H2,1-4H3. The second-order valence-electron chi connectivity index (χ2n) is 6.15. The van der Waals surface area contributed by atoms with Gasteiger partial charge in [0.1, 0.15) is 0 Å². The van der Waals surface area contributed by atoms with Crippen LogP contribution in [-0.2, 0) is 6.54 Å². The predicted molar refractivity (Wildman–Crippen MR) is 89.8 cm³/mol. The van der Waals surface area contributed by atoms with E-state index in [0.717, 1.165) is 38.4 Å². The third-order valence-corrected chi connectivity index (χ3v) is 4.35. The minimum absolute atomic E-state index is 0.495. The van der Waals surface area contributed by atoms with Crippen LogP contribution in [0.5, 0.6) is 0 Å². The van der Waals surface area contributed by atoms with Gasteiger partial charge in [-0.1, -0.05) is 27.7 Å². The Hall–Kier alpha value is -1.13. The van der Waals surface area contributed by atoms with Crippen molar-refractivity contribution in [3.63, 3.8) is 0 Å². The second kappa shape index (κ2) is 7.76. The van der Waals surface area contributed by atoms with Crippen molar-refractivity contribution in [2.75, 3.05) is 31.1 Å². The molecule has 1 atom stereocenters. The topological polar surface area (TPSA) is 31.4 Å². The van der Waals surface area contributed by atoms with Crippen LogP contribution in [0, 0.1) is 0 Å². The number of anilines is 1. The van der Waals surface area contributed by atoms with Crippen LogP contribution in [0.25, 0.3) is 0 Å². The summed E-state index contributed by atoms with van der Waals surface area (Å²) in [5, 5.41) is 3.44. The third kappa shape index (κ3) is 4.42. The summed E-state index contributed by atoms with van der Waals surface area (Å²) in [6.45, 7) is 14.3. The van der Waals surface area contributed by atoms with E-state index in [2.05, 4.69) is 59.9 Å². The summed E-state index contributed by atoms with van der Waals surface area (Å²) in [5.74, 6) is 0. The number of nitrogens with zero attached hydrogens (tertiary/aromatic N) is 3. The molecular weight excluding hydrogens is 260 g/mol. The third-order valence-electron chi connectivity index (χ3n) is 4.35. The number of likely N-dealkylation sites (N-methyl/N-ethyl adjacent to an activating group) is 1. The van der Waals surface area contributed by atoms with Gasteiger partial charge in [-0.3, -0.25) is 9.88 Å². The van der Waals surface area contributed by atoms with E-state index in [1.54, 1.807) is 0 Å². The Labute approximate surface area is 129 Å². The quantitative estimate of drug-likeness (QED) is 0.836. The number of rotatable bonds is 7. The van der Waals surface area contributed by atoms with Crippen LogP contribution in [0.2, 0.25) is 0 Å². The number of hydrogen-bond donors (Lipinski definition) is 1. The van der Waals surface area contributed by atoms with Gasteiger partial charge in [0.2, 0.25) is 0 Å². The van der Waals surface area contributed by atoms with Crippen molar-refractivity contribution >= 4 is 5.69 Å². The largest absolute Gasteiger partial charge is 0.370 e. The Morgan fingerprint density at radius 2 is 2.14 bits per heavy atom. The number of pyridine rings is 1. The SMILES string of the molecule is CCN(CC)C1CCN(c2ccnc(CNC(C)C)c2)C1. The van der Waals surface area contributed by atoms with Gasteiger partial charge >= 0.3 is 0 Å². The Bertz CT molecular complexity index is 429. The molecule has 2 heterocycles. The highest BCUT2D eigenvalue weighted by Crippen LogP contribution is 2.23. The lowest BCUT2D eigenvalue weighted by Crippen LogP contribution is -2.37. The number of nitrogens with one attached hydrogen (secondary N) is 1. The van der Waals surface area contributed by atoms with Crippen LogP contribution in [0.1, 0.15) is 39.8 Å². The molecule has 1 N–H and O–H groups in total. The Morgan fingerprint density at radius 3 is 2.81 bits per heavy atom. The molecule has 1 aliphatic rings. The molecule has 1 aliphatic heterocycles. The van der Waals surface area contributed by atoms with Crippen molar-refractivity contribution in [3.05, 3.63) is 24.0 Å². The smallest absolute Gasteiger partial charge is 0.0562 e. The maximum absolute atomic E-state index is 4.47. The van der Waals surface area contributed by atoms with Crippen LogP contribution in [0.4, 0.5) is 5.69 Å². The van der Waals surface area contributed by atoms with Crippen molar-refractivity contribution in [1.29, 1.82) is 0 Å². The molecule has 0 bridgehead atoms. The van der Waals surface area contributed by atoms with E-state index in [1.807, 2.05) is 6.20 Å². The minimum atomic E-state index is 0.495. The van der Waals surface area contributed by atoms with Crippen LogP contribution in [0.15, 0.2) is 18.3 Å². The monoisotopic (exact) mass is 290 g/mol. The molecule has 0 spiro atoms. The molecule has 0 aromatic carbocycles. The van der Waals surface area contributed by atoms with Gasteiger partial charge in [-0.2, -0.15) is 0 Å². The molecule has 118 valence electrons. The van der Waals surface area contributed by atoms with Crippen LogP contribution in [-0.4, -0.2) is 48.1 Å². The molecule has 0 saturated carbocycles. The Kier molecular flexibility index (Phi) is 6.00. The van der Waals surface area contributed by atoms with E-state index in [1.165, 1.54) is 12.1 Å². The van der Waals surface area contributed by atoms with Gasteiger partial charge in [0, 0.05) is 43.6 Å². The summed E-state index contributed by atoms with van der Waals surface area (Å²) in [7, 11) is 0. The summed E-state index contributed by atoms with van der Waals surface area (Å²) in [6.07, 6.45) is 3.21. The van der Waals surface area contributed by atoms with Gasteiger partial charge < -0.3 is 10.2 Å². The molecule has 1 fully saturated rings. The van der Waals surface area contributed by atoms with Gasteiger partial charge in [0.25, 0.3) is 0 Å². The second-order valence-corrected chi connectivity index (χ2v) is 6.15. The summed E-state index contributed by atoms with van der Waals surface area (Å²) in [5.41, 5.74) is 2.45. The normalized spacial score (nSPS) is 19.0. The fraction of sp³-hybridized carbons (Fsp3) is 0.706. The fourth-order valence-electron chi connectivity index (χ4n) is 3.08.